The third-order valence-electron chi connectivity index (χ3n) is 3.56. The quantitative estimate of drug-likeness (QED) is 0.816. The van der Waals surface area contributed by atoms with Crippen molar-refractivity contribution in [1.29, 1.82) is 0 Å². The van der Waals surface area contributed by atoms with Gasteiger partial charge in [0.25, 0.3) is 0 Å². The Morgan fingerprint density at radius 2 is 2.28 bits per heavy atom. The van der Waals surface area contributed by atoms with Gasteiger partial charge in [-0.2, -0.15) is 0 Å². The first-order chi connectivity index (χ1) is 8.76. The molecule has 0 amide bonds. The standard InChI is InChI=1S/C15H18N2S/c1-3-17-8-6-12(7-9-17)15-16-13-5-4-11(2)10-14(13)18-15/h4-6,10H,3,7-9H2,1-2H3. The van der Waals surface area contributed by atoms with Crippen LogP contribution in [0.2, 0.25) is 0 Å². The highest BCUT2D eigenvalue weighted by Crippen LogP contribution is 2.30. The summed E-state index contributed by atoms with van der Waals surface area (Å²) < 4.78 is 1.31. The van der Waals surface area contributed by atoms with Gasteiger partial charge in [-0.05, 0) is 43.2 Å². The van der Waals surface area contributed by atoms with Crippen LogP contribution in [-0.2, 0) is 0 Å². The van der Waals surface area contributed by atoms with E-state index in [0.29, 0.717) is 0 Å². The molecule has 1 aromatic heterocycles. The fourth-order valence-electron chi connectivity index (χ4n) is 2.36. The number of nitrogens with zero attached hydrogens (tertiary/aromatic N) is 2. The van der Waals surface area contributed by atoms with Crippen LogP contribution in [0.1, 0.15) is 23.9 Å². The summed E-state index contributed by atoms with van der Waals surface area (Å²) in [5.74, 6) is 0. The fraction of sp³-hybridized carbons (Fsp3) is 0.400. The Balaban J connectivity index is 1.93. The van der Waals surface area contributed by atoms with E-state index in [-0.39, 0.29) is 0 Å². The van der Waals surface area contributed by atoms with Crippen molar-refractivity contribution >= 4 is 27.1 Å². The van der Waals surface area contributed by atoms with Crippen molar-refractivity contribution < 1.29 is 0 Å². The Morgan fingerprint density at radius 1 is 1.39 bits per heavy atom. The summed E-state index contributed by atoms with van der Waals surface area (Å²) in [6, 6.07) is 6.50. The van der Waals surface area contributed by atoms with Crippen LogP contribution in [0.4, 0.5) is 0 Å². The Bertz CT molecular complexity index is 598. The molecule has 2 nitrogen and oxygen atoms in total. The summed E-state index contributed by atoms with van der Waals surface area (Å²) >= 11 is 1.83. The lowest BCUT2D eigenvalue weighted by Crippen LogP contribution is -2.27. The van der Waals surface area contributed by atoms with Gasteiger partial charge in [0.2, 0.25) is 0 Å². The van der Waals surface area contributed by atoms with Gasteiger partial charge in [-0.15, -0.1) is 11.3 Å². The minimum atomic E-state index is 1.07. The van der Waals surface area contributed by atoms with Crippen LogP contribution in [-0.4, -0.2) is 29.5 Å². The van der Waals surface area contributed by atoms with E-state index in [4.69, 9.17) is 4.98 Å². The molecule has 2 heterocycles. The van der Waals surface area contributed by atoms with Gasteiger partial charge in [0, 0.05) is 13.1 Å². The van der Waals surface area contributed by atoms with Gasteiger partial charge in [0.1, 0.15) is 5.01 Å². The molecule has 0 N–H and O–H groups in total. The Hall–Kier alpha value is -1.19. The average molecular weight is 258 g/mol. The first-order valence-corrected chi connectivity index (χ1v) is 7.37. The highest BCUT2D eigenvalue weighted by Gasteiger charge is 2.14. The van der Waals surface area contributed by atoms with E-state index >= 15 is 0 Å². The van der Waals surface area contributed by atoms with Gasteiger partial charge in [0.15, 0.2) is 0 Å². The molecule has 0 aliphatic carbocycles. The molecule has 3 heteroatoms. The van der Waals surface area contributed by atoms with Crippen molar-refractivity contribution in [2.45, 2.75) is 20.3 Å². The molecule has 1 aliphatic heterocycles. The van der Waals surface area contributed by atoms with Crippen molar-refractivity contribution in [2.75, 3.05) is 19.6 Å². The zero-order valence-electron chi connectivity index (χ0n) is 10.9. The molecule has 1 aliphatic rings. The lowest BCUT2D eigenvalue weighted by molar-refractivity contribution is 0.318. The number of aryl methyl sites for hydroxylation is 1. The van der Waals surface area contributed by atoms with E-state index in [1.807, 2.05) is 11.3 Å². The summed E-state index contributed by atoms with van der Waals surface area (Å²) in [4.78, 5) is 7.22. The zero-order valence-corrected chi connectivity index (χ0v) is 11.8. The number of aromatic nitrogens is 1. The van der Waals surface area contributed by atoms with Gasteiger partial charge >= 0.3 is 0 Å². The van der Waals surface area contributed by atoms with Crippen LogP contribution in [0.3, 0.4) is 0 Å². The number of hydrogen-bond acceptors (Lipinski definition) is 3. The molecule has 0 spiro atoms. The largest absolute Gasteiger partial charge is 0.300 e. The van der Waals surface area contributed by atoms with Crippen LogP contribution in [0.15, 0.2) is 24.3 Å². The predicted octanol–water partition coefficient (Wildman–Crippen LogP) is 3.71. The highest BCUT2D eigenvalue weighted by molar-refractivity contribution is 7.19. The van der Waals surface area contributed by atoms with Crippen molar-refractivity contribution in [2.24, 2.45) is 0 Å². The van der Waals surface area contributed by atoms with E-state index in [2.05, 4.69) is 43.0 Å². The SMILES string of the molecule is CCN1CC=C(c2nc3ccc(C)cc3s2)CC1. The smallest absolute Gasteiger partial charge is 0.120 e. The van der Waals surface area contributed by atoms with Crippen molar-refractivity contribution in [3.8, 4) is 0 Å². The van der Waals surface area contributed by atoms with Crippen LogP contribution < -0.4 is 0 Å². The maximum absolute atomic E-state index is 4.76. The van der Waals surface area contributed by atoms with Crippen LogP contribution in [0, 0.1) is 6.92 Å². The van der Waals surface area contributed by atoms with E-state index in [9.17, 15) is 0 Å². The van der Waals surface area contributed by atoms with E-state index in [0.717, 1.165) is 31.6 Å². The molecule has 3 rings (SSSR count). The molecule has 0 saturated heterocycles. The normalized spacial score (nSPS) is 17.1. The number of likely N-dealkylation sites (N-methyl/N-ethyl adjacent to an activating group) is 1. The summed E-state index contributed by atoms with van der Waals surface area (Å²) in [6.07, 6.45) is 3.48. The van der Waals surface area contributed by atoms with Crippen LogP contribution in [0.5, 0.6) is 0 Å². The summed E-state index contributed by atoms with van der Waals surface area (Å²) in [5, 5.41) is 1.21. The molecule has 0 bridgehead atoms. The highest BCUT2D eigenvalue weighted by atomic mass is 32.1. The molecule has 0 fully saturated rings. The Kier molecular flexibility index (Phi) is 3.18. The number of thiazole rings is 1. The lowest BCUT2D eigenvalue weighted by Gasteiger charge is -2.23. The third kappa shape index (κ3) is 2.20. The Morgan fingerprint density at radius 3 is 3.00 bits per heavy atom. The molecule has 0 unspecified atom stereocenters. The maximum atomic E-state index is 4.76. The first kappa shape index (κ1) is 11.9. The van der Waals surface area contributed by atoms with Crippen molar-refractivity contribution in [1.82, 2.24) is 9.88 Å². The minimum Gasteiger partial charge on any atom is -0.300 e. The third-order valence-corrected chi connectivity index (χ3v) is 4.65. The van der Waals surface area contributed by atoms with Gasteiger partial charge in [-0.3, -0.25) is 4.90 Å². The van der Waals surface area contributed by atoms with Crippen LogP contribution in [0.25, 0.3) is 15.8 Å². The van der Waals surface area contributed by atoms with E-state index in [1.54, 1.807) is 0 Å². The number of fused-ring (bicyclic) bond motifs is 1. The summed E-state index contributed by atoms with van der Waals surface area (Å²) in [6.45, 7) is 7.73. The molecule has 18 heavy (non-hydrogen) atoms. The van der Waals surface area contributed by atoms with Crippen LogP contribution >= 0.6 is 11.3 Å². The van der Waals surface area contributed by atoms with Gasteiger partial charge in [-0.1, -0.05) is 19.1 Å². The van der Waals surface area contributed by atoms with E-state index in [1.165, 1.54) is 20.8 Å². The van der Waals surface area contributed by atoms with E-state index < -0.39 is 0 Å². The average Bonchev–Trinajstić information content (AvgIpc) is 2.81. The predicted molar refractivity (Wildman–Crippen MR) is 79.1 cm³/mol. The molecule has 0 saturated carbocycles. The second-order valence-electron chi connectivity index (χ2n) is 4.86. The van der Waals surface area contributed by atoms with Gasteiger partial charge in [0.05, 0.1) is 10.2 Å². The minimum absolute atomic E-state index is 1.07. The molecule has 94 valence electrons. The summed E-state index contributed by atoms with van der Waals surface area (Å²) in [7, 11) is 0. The molecule has 0 atom stereocenters. The molecular weight excluding hydrogens is 240 g/mol. The molecule has 0 radical (unpaired) electrons. The Labute approximate surface area is 112 Å². The van der Waals surface area contributed by atoms with Gasteiger partial charge in [-0.25, -0.2) is 4.98 Å². The lowest BCUT2D eigenvalue weighted by atomic mass is 10.1. The number of hydrogen-bond donors (Lipinski definition) is 0. The second-order valence-corrected chi connectivity index (χ2v) is 5.89. The first-order valence-electron chi connectivity index (χ1n) is 6.55. The molecular formula is C15H18N2S. The monoisotopic (exact) mass is 258 g/mol. The summed E-state index contributed by atoms with van der Waals surface area (Å²) in [5.41, 5.74) is 3.88. The fourth-order valence-corrected chi connectivity index (χ4v) is 3.49. The number of rotatable bonds is 2. The number of benzene rings is 1. The molecule has 1 aromatic carbocycles. The molecule has 2 aromatic rings. The van der Waals surface area contributed by atoms with Crippen molar-refractivity contribution in [3.05, 3.63) is 34.8 Å². The van der Waals surface area contributed by atoms with Crippen molar-refractivity contribution in [3.63, 3.8) is 0 Å². The van der Waals surface area contributed by atoms with Gasteiger partial charge < -0.3 is 0 Å². The second kappa shape index (κ2) is 4.82. The topological polar surface area (TPSA) is 16.1 Å². The maximum Gasteiger partial charge on any atom is 0.120 e. The zero-order chi connectivity index (χ0) is 12.5.